The minimum Gasteiger partial charge on any atom is -0.381 e. The first-order valence-corrected chi connectivity index (χ1v) is 12.1. The van der Waals surface area contributed by atoms with Crippen LogP contribution in [0.1, 0.15) is 52.4 Å². The molecule has 27 heavy (non-hydrogen) atoms. The Hall–Kier alpha value is -0.0900. The van der Waals surface area contributed by atoms with E-state index in [1.54, 1.807) is 0 Å². The summed E-state index contributed by atoms with van der Waals surface area (Å²) in [5, 5.41) is 7.23. The summed E-state index contributed by atoms with van der Waals surface area (Å²) in [4.78, 5) is 4.79. The quantitative estimate of drug-likeness (QED) is 0.343. The van der Waals surface area contributed by atoms with Gasteiger partial charge in [-0.05, 0) is 56.3 Å². The first-order chi connectivity index (χ1) is 12.4. The second-order valence-electron chi connectivity index (χ2n) is 8.60. The molecule has 0 amide bonds. The molecular weight excluding hydrogens is 477 g/mol. The predicted molar refractivity (Wildman–Crippen MR) is 121 cm³/mol. The molecule has 4 unspecified atom stereocenters. The molecule has 4 atom stereocenters. The molecule has 0 bridgehead atoms. The first kappa shape index (κ1) is 23.2. The highest BCUT2D eigenvalue weighted by atomic mass is 127. The van der Waals surface area contributed by atoms with Crippen molar-refractivity contribution in [1.29, 1.82) is 0 Å². The molecule has 0 spiro atoms. The molecule has 2 N–H and O–H groups in total. The first-order valence-electron chi connectivity index (χ1n) is 10.3. The monoisotopic (exact) mass is 513 g/mol. The maximum atomic E-state index is 11.7. The molecule has 0 radical (unpaired) electrons. The number of aliphatic imine (C=N–C) groups is 1. The van der Waals surface area contributed by atoms with Gasteiger partial charge in [0, 0.05) is 31.8 Å². The molecule has 3 rings (SSSR count). The summed E-state index contributed by atoms with van der Waals surface area (Å²) in [6, 6.07) is 0.849. The minimum atomic E-state index is -2.84. The summed E-state index contributed by atoms with van der Waals surface area (Å²) in [6.45, 7) is 6.87. The van der Waals surface area contributed by atoms with Crippen LogP contribution in [0.2, 0.25) is 0 Å². The Morgan fingerprint density at radius 3 is 2.33 bits per heavy atom. The number of ether oxygens (including phenoxy) is 1. The molecule has 2 aliphatic heterocycles. The van der Waals surface area contributed by atoms with Gasteiger partial charge in [-0.25, -0.2) is 8.42 Å². The van der Waals surface area contributed by atoms with Crippen molar-refractivity contribution in [3.8, 4) is 0 Å². The highest BCUT2D eigenvalue weighted by Gasteiger charge is 2.29. The fourth-order valence-electron chi connectivity index (χ4n) is 4.28. The summed E-state index contributed by atoms with van der Waals surface area (Å²) in [5.41, 5.74) is 0. The molecule has 2 saturated heterocycles. The van der Waals surface area contributed by atoms with Gasteiger partial charge in [-0.3, -0.25) is 4.99 Å². The van der Waals surface area contributed by atoms with Gasteiger partial charge < -0.3 is 15.4 Å². The van der Waals surface area contributed by atoms with E-state index in [0.29, 0.717) is 30.1 Å². The third-order valence-corrected chi connectivity index (χ3v) is 8.17. The summed E-state index contributed by atoms with van der Waals surface area (Å²) < 4.78 is 28.8. The Balaban J connectivity index is 0.00000261. The van der Waals surface area contributed by atoms with Gasteiger partial charge >= 0.3 is 0 Å². The van der Waals surface area contributed by atoms with Gasteiger partial charge in [-0.1, -0.05) is 13.8 Å². The summed E-state index contributed by atoms with van der Waals surface area (Å²) in [5.74, 6) is 3.16. The standard InChI is InChI=1S/C19H35N3O3S.HI/c1-14-3-4-18(11-15(14)2)22-19(21-17-5-8-25-9-6-17)20-12-16-7-10-26(23,24)13-16;/h14-18H,3-13H2,1-2H3,(H2,20,21,22);1H. The van der Waals surface area contributed by atoms with Crippen molar-refractivity contribution < 1.29 is 13.2 Å². The molecular formula is C19H36IN3O3S. The van der Waals surface area contributed by atoms with E-state index in [4.69, 9.17) is 9.73 Å². The molecule has 1 saturated carbocycles. The average molecular weight is 513 g/mol. The Morgan fingerprint density at radius 2 is 1.70 bits per heavy atom. The Kier molecular flexibility index (Phi) is 9.12. The number of nitrogens with one attached hydrogen (secondary N) is 2. The predicted octanol–water partition coefficient (Wildman–Crippen LogP) is 2.58. The van der Waals surface area contributed by atoms with Crippen LogP contribution >= 0.6 is 24.0 Å². The van der Waals surface area contributed by atoms with Crippen LogP contribution in [0.4, 0.5) is 0 Å². The van der Waals surface area contributed by atoms with Gasteiger partial charge in [0.25, 0.3) is 0 Å². The lowest BCUT2D eigenvalue weighted by Gasteiger charge is -2.34. The second kappa shape index (κ2) is 10.6. The number of guanidine groups is 1. The largest absolute Gasteiger partial charge is 0.381 e. The number of hydrogen-bond donors (Lipinski definition) is 2. The van der Waals surface area contributed by atoms with Crippen LogP contribution in [0.5, 0.6) is 0 Å². The van der Waals surface area contributed by atoms with Crippen LogP contribution in [0.3, 0.4) is 0 Å². The number of sulfone groups is 1. The zero-order valence-electron chi connectivity index (χ0n) is 16.7. The summed E-state index contributed by atoms with van der Waals surface area (Å²) in [7, 11) is -2.84. The fraction of sp³-hybridized carbons (Fsp3) is 0.947. The highest BCUT2D eigenvalue weighted by Crippen LogP contribution is 2.29. The van der Waals surface area contributed by atoms with Gasteiger partial charge in [-0.15, -0.1) is 24.0 Å². The minimum absolute atomic E-state index is 0. The van der Waals surface area contributed by atoms with Crippen LogP contribution in [-0.2, 0) is 14.6 Å². The van der Waals surface area contributed by atoms with Gasteiger partial charge in [0.05, 0.1) is 11.5 Å². The summed E-state index contributed by atoms with van der Waals surface area (Å²) in [6.07, 6.45) is 6.34. The third kappa shape index (κ3) is 7.34. The molecule has 0 aromatic rings. The molecule has 3 fully saturated rings. The molecule has 158 valence electrons. The molecule has 8 heteroatoms. The number of hydrogen-bond acceptors (Lipinski definition) is 4. The maximum absolute atomic E-state index is 11.7. The van der Waals surface area contributed by atoms with E-state index in [9.17, 15) is 8.42 Å². The van der Waals surface area contributed by atoms with E-state index < -0.39 is 9.84 Å². The topological polar surface area (TPSA) is 79.8 Å². The lowest BCUT2D eigenvalue weighted by Crippen LogP contribution is -2.50. The van der Waals surface area contributed by atoms with Crippen molar-refractivity contribution in [2.45, 2.75) is 64.5 Å². The van der Waals surface area contributed by atoms with E-state index in [2.05, 4.69) is 24.5 Å². The van der Waals surface area contributed by atoms with E-state index >= 15 is 0 Å². The SMILES string of the molecule is CC1CCC(NC(=NCC2CCS(=O)(=O)C2)NC2CCOCC2)CC1C.I. The zero-order chi connectivity index (χ0) is 18.6. The fourth-order valence-corrected chi connectivity index (χ4v) is 6.13. The Bertz CT molecular complexity index is 593. The number of halogens is 1. The third-order valence-electron chi connectivity index (χ3n) is 6.34. The molecule has 3 aliphatic rings. The van der Waals surface area contributed by atoms with Crippen molar-refractivity contribution in [1.82, 2.24) is 10.6 Å². The van der Waals surface area contributed by atoms with Crippen LogP contribution in [0.15, 0.2) is 4.99 Å². The van der Waals surface area contributed by atoms with Gasteiger partial charge in [0.1, 0.15) is 0 Å². The van der Waals surface area contributed by atoms with Gasteiger partial charge in [-0.2, -0.15) is 0 Å². The van der Waals surface area contributed by atoms with E-state index in [1.807, 2.05) is 0 Å². The van der Waals surface area contributed by atoms with Crippen molar-refractivity contribution in [3.05, 3.63) is 0 Å². The van der Waals surface area contributed by atoms with E-state index in [1.165, 1.54) is 19.3 Å². The van der Waals surface area contributed by atoms with E-state index in [-0.39, 0.29) is 29.9 Å². The number of rotatable bonds is 4. The summed E-state index contributed by atoms with van der Waals surface area (Å²) >= 11 is 0. The second-order valence-corrected chi connectivity index (χ2v) is 10.8. The van der Waals surface area contributed by atoms with Gasteiger partial charge in [0.2, 0.25) is 0 Å². The smallest absolute Gasteiger partial charge is 0.191 e. The molecule has 6 nitrogen and oxygen atoms in total. The van der Waals surface area contributed by atoms with E-state index in [0.717, 1.165) is 50.3 Å². The Morgan fingerprint density at radius 1 is 1.00 bits per heavy atom. The average Bonchev–Trinajstić information content (AvgIpc) is 2.96. The Labute approximate surface area is 181 Å². The maximum Gasteiger partial charge on any atom is 0.191 e. The molecule has 0 aromatic carbocycles. The van der Waals surface area contributed by atoms with Crippen LogP contribution in [-0.4, -0.2) is 57.7 Å². The lowest BCUT2D eigenvalue weighted by atomic mass is 9.79. The van der Waals surface area contributed by atoms with Crippen molar-refractivity contribution in [2.75, 3.05) is 31.3 Å². The molecule has 1 aliphatic carbocycles. The van der Waals surface area contributed by atoms with Crippen molar-refractivity contribution in [3.63, 3.8) is 0 Å². The van der Waals surface area contributed by atoms with Crippen molar-refractivity contribution in [2.24, 2.45) is 22.7 Å². The van der Waals surface area contributed by atoms with Gasteiger partial charge in [0.15, 0.2) is 15.8 Å². The normalized spacial score (nSPS) is 34.7. The molecule has 2 heterocycles. The lowest BCUT2D eigenvalue weighted by molar-refractivity contribution is 0.0821. The van der Waals surface area contributed by atoms with Crippen LogP contribution < -0.4 is 10.6 Å². The molecule has 0 aromatic heterocycles. The van der Waals surface area contributed by atoms with Crippen LogP contribution in [0, 0.1) is 17.8 Å². The van der Waals surface area contributed by atoms with Crippen molar-refractivity contribution >= 4 is 39.8 Å². The van der Waals surface area contributed by atoms with Crippen LogP contribution in [0.25, 0.3) is 0 Å². The zero-order valence-corrected chi connectivity index (χ0v) is 19.8. The number of nitrogens with zero attached hydrogens (tertiary/aromatic N) is 1. The highest BCUT2D eigenvalue weighted by molar-refractivity contribution is 14.0.